The van der Waals surface area contributed by atoms with E-state index in [9.17, 15) is 0 Å². The zero-order valence-corrected chi connectivity index (χ0v) is 8.77. The van der Waals surface area contributed by atoms with Crippen LogP contribution in [0.3, 0.4) is 0 Å². The van der Waals surface area contributed by atoms with Crippen molar-refractivity contribution in [3.05, 3.63) is 11.6 Å². The number of guanidine groups is 1. The number of aryl methyl sites for hydroxylation is 1. The van der Waals surface area contributed by atoms with E-state index >= 15 is 0 Å². The maximum absolute atomic E-state index is 5.24. The Morgan fingerprint density at radius 2 is 2.27 bits per heavy atom. The molecule has 0 aliphatic heterocycles. The summed E-state index contributed by atoms with van der Waals surface area (Å²) in [5, 5.41) is 10.1. The predicted octanol–water partition coefficient (Wildman–Crippen LogP) is -0.157. The van der Waals surface area contributed by atoms with Crippen LogP contribution < -0.4 is 11.5 Å². The Balaban J connectivity index is 2.31. The van der Waals surface area contributed by atoms with E-state index in [2.05, 4.69) is 20.3 Å². The topological polar surface area (TPSA) is 108 Å². The van der Waals surface area contributed by atoms with E-state index in [0.717, 1.165) is 0 Å². The number of thiazole rings is 1. The zero-order valence-electron chi connectivity index (χ0n) is 7.95. The van der Waals surface area contributed by atoms with Gasteiger partial charge in [0.1, 0.15) is 11.4 Å². The van der Waals surface area contributed by atoms with Crippen molar-refractivity contribution >= 4 is 22.4 Å². The second kappa shape index (κ2) is 3.65. The first-order valence-electron chi connectivity index (χ1n) is 4.07. The van der Waals surface area contributed by atoms with E-state index in [0.29, 0.717) is 16.5 Å². The molecular formula is C7H9N7S. The number of rotatable bonds is 2. The Kier molecular flexibility index (Phi) is 2.34. The second-order valence-electron chi connectivity index (χ2n) is 2.83. The summed E-state index contributed by atoms with van der Waals surface area (Å²) >= 11 is 1.35. The second-order valence-corrected chi connectivity index (χ2v) is 3.67. The minimum Gasteiger partial charge on any atom is -0.370 e. The maximum Gasteiger partial charge on any atom is 0.212 e. The normalized spacial score (nSPS) is 10.2. The summed E-state index contributed by atoms with van der Waals surface area (Å²) in [6.45, 7) is 0. The lowest BCUT2D eigenvalue weighted by molar-refractivity contribution is 0.715. The molecule has 0 bridgehead atoms. The molecule has 0 aromatic carbocycles. The molecule has 0 amide bonds. The quantitative estimate of drug-likeness (QED) is 0.543. The lowest BCUT2D eigenvalue weighted by Gasteiger charge is -1.86. The molecule has 7 nitrogen and oxygen atoms in total. The van der Waals surface area contributed by atoms with Gasteiger partial charge in [-0.1, -0.05) is 5.21 Å². The number of hydrogen-bond acceptors (Lipinski definition) is 5. The highest BCUT2D eigenvalue weighted by molar-refractivity contribution is 7.13. The number of aromatic nitrogens is 4. The van der Waals surface area contributed by atoms with Gasteiger partial charge in [0, 0.05) is 12.4 Å². The third kappa shape index (κ3) is 2.10. The molecule has 0 atom stereocenters. The van der Waals surface area contributed by atoms with Crippen LogP contribution >= 0.6 is 11.3 Å². The van der Waals surface area contributed by atoms with Crippen LogP contribution in [0.4, 0.5) is 5.13 Å². The smallest absolute Gasteiger partial charge is 0.212 e. The standard InChI is InChI=1S/C7H9N7S/c1-14-2-4(12-13-14)5-3-15-7(10-5)11-6(8)9/h2-3H,1H3,(H4,8,9,10,11). The minimum atomic E-state index is -0.00459. The molecular weight excluding hydrogens is 214 g/mol. The van der Waals surface area contributed by atoms with Gasteiger partial charge in [-0.3, -0.25) is 4.68 Å². The van der Waals surface area contributed by atoms with Gasteiger partial charge in [0.2, 0.25) is 5.13 Å². The van der Waals surface area contributed by atoms with Crippen molar-refractivity contribution in [2.75, 3.05) is 0 Å². The fourth-order valence-corrected chi connectivity index (χ4v) is 1.71. The SMILES string of the molecule is Cn1cc(-c2csc(N=C(N)N)n2)nn1. The number of aliphatic imine (C=N–C) groups is 1. The number of nitrogens with zero attached hydrogens (tertiary/aromatic N) is 5. The molecule has 0 saturated carbocycles. The largest absolute Gasteiger partial charge is 0.370 e. The summed E-state index contributed by atoms with van der Waals surface area (Å²) in [4.78, 5) is 8.03. The fourth-order valence-electron chi connectivity index (χ4n) is 1.01. The third-order valence-electron chi connectivity index (χ3n) is 1.58. The highest BCUT2D eigenvalue weighted by atomic mass is 32.1. The molecule has 0 aliphatic rings. The van der Waals surface area contributed by atoms with E-state index in [1.807, 2.05) is 5.38 Å². The summed E-state index contributed by atoms with van der Waals surface area (Å²) in [6, 6.07) is 0. The van der Waals surface area contributed by atoms with Crippen molar-refractivity contribution in [1.82, 2.24) is 20.0 Å². The zero-order chi connectivity index (χ0) is 10.8. The van der Waals surface area contributed by atoms with Gasteiger partial charge in [-0.05, 0) is 0 Å². The van der Waals surface area contributed by atoms with Crippen LogP contribution in [0.15, 0.2) is 16.6 Å². The van der Waals surface area contributed by atoms with Gasteiger partial charge in [-0.2, -0.15) is 4.99 Å². The van der Waals surface area contributed by atoms with Crippen LogP contribution in [-0.2, 0) is 7.05 Å². The van der Waals surface area contributed by atoms with Crippen molar-refractivity contribution in [3.63, 3.8) is 0 Å². The molecule has 0 aliphatic carbocycles. The lowest BCUT2D eigenvalue weighted by atomic mass is 10.4. The molecule has 2 aromatic heterocycles. The molecule has 2 rings (SSSR count). The van der Waals surface area contributed by atoms with Gasteiger partial charge in [-0.15, -0.1) is 16.4 Å². The van der Waals surface area contributed by atoms with E-state index in [1.54, 1.807) is 17.9 Å². The van der Waals surface area contributed by atoms with Gasteiger partial charge >= 0.3 is 0 Å². The summed E-state index contributed by atoms with van der Waals surface area (Å²) in [5.41, 5.74) is 11.9. The summed E-state index contributed by atoms with van der Waals surface area (Å²) in [5.74, 6) is -0.00459. The predicted molar refractivity (Wildman–Crippen MR) is 57.6 cm³/mol. The molecule has 15 heavy (non-hydrogen) atoms. The lowest BCUT2D eigenvalue weighted by Crippen LogP contribution is -2.21. The van der Waals surface area contributed by atoms with Crippen LogP contribution in [0.1, 0.15) is 0 Å². The van der Waals surface area contributed by atoms with Gasteiger partial charge in [-0.25, -0.2) is 4.98 Å². The maximum atomic E-state index is 5.24. The fraction of sp³-hybridized carbons (Fsp3) is 0.143. The average Bonchev–Trinajstić information content (AvgIpc) is 2.72. The van der Waals surface area contributed by atoms with Gasteiger partial charge in [0.05, 0.1) is 6.20 Å². The number of hydrogen-bond donors (Lipinski definition) is 2. The van der Waals surface area contributed by atoms with Crippen LogP contribution in [0.5, 0.6) is 0 Å². The van der Waals surface area contributed by atoms with Crippen molar-refractivity contribution in [2.45, 2.75) is 0 Å². The first-order valence-corrected chi connectivity index (χ1v) is 4.95. The van der Waals surface area contributed by atoms with Crippen molar-refractivity contribution in [1.29, 1.82) is 0 Å². The Bertz CT molecular complexity index is 493. The molecule has 4 N–H and O–H groups in total. The van der Waals surface area contributed by atoms with Crippen LogP contribution in [0.25, 0.3) is 11.4 Å². The molecule has 78 valence electrons. The molecule has 0 radical (unpaired) electrons. The highest BCUT2D eigenvalue weighted by Crippen LogP contribution is 2.24. The molecule has 8 heteroatoms. The Labute approximate surface area is 89.4 Å². The van der Waals surface area contributed by atoms with E-state index in [1.165, 1.54) is 11.3 Å². The van der Waals surface area contributed by atoms with Gasteiger partial charge in [0.15, 0.2) is 5.96 Å². The highest BCUT2D eigenvalue weighted by Gasteiger charge is 2.07. The monoisotopic (exact) mass is 223 g/mol. The van der Waals surface area contributed by atoms with Crippen LogP contribution in [-0.4, -0.2) is 25.9 Å². The Morgan fingerprint density at radius 1 is 1.47 bits per heavy atom. The van der Waals surface area contributed by atoms with E-state index < -0.39 is 0 Å². The Hall–Kier alpha value is -1.96. The molecule has 0 saturated heterocycles. The van der Waals surface area contributed by atoms with E-state index in [4.69, 9.17) is 11.5 Å². The van der Waals surface area contributed by atoms with Crippen LogP contribution in [0.2, 0.25) is 0 Å². The molecule has 2 heterocycles. The van der Waals surface area contributed by atoms with Crippen molar-refractivity contribution < 1.29 is 0 Å². The molecule has 0 fully saturated rings. The Morgan fingerprint density at radius 3 is 2.87 bits per heavy atom. The molecule has 0 unspecified atom stereocenters. The first-order chi connectivity index (χ1) is 7.15. The minimum absolute atomic E-state index is 0.00459. The van der Waals surface area contributed by atoms with E-state index in [-0.39, 0.29) is 5.96 Å². The summed E-state index contributed by atoms with van der Waals surface area (Å²) in [6.07, 6.45) is 1.77. The first kappa shape index (κ1) is 9.59. The van der Waals surface area contributed by atoms with Crippen molar-refractivity contribution in [2.24, 2.45) is 23.5 Å². The molecule has 0 spiro atoms. The average molecular weight is 223 g/mol. The third-order valence-corrected chi connectivity index (χ3v) is 2.32. The summed E-state index contributed by atoms with van der Waals surface area (Å²) in [7, 11) is 1.79. The van der Waals surface area contributed by atoms with Crippen LogP contribution in [0, 0.1) is 0 Å². The van der Waals surface area contributed by atoms with Crippen molar-refractivity contribution in [3.8, 4) is 11.4 Å². The summed E-state index contributed by atoms with van der Waals surface area (Å²) < 4.78 is 1.61. The number of nitrogens with two attached hydrogens (primary N) is 2. The molecule has 2 aromatic rings. The van der Waals surface area contributed by atoms with Gasteiger partial charge < -0.3 is 11.5 Å². The van der Waals surface area contributed by atoms with Gasteiger partial charge in [0.25, 0.3) is 0 Å².